The first-order valence-corrected chi connectivity index (χ1v) is 7.33. The standard InChI is InChI=1S/C16H10BrClO3/c1-20-13-4-2-10(17)6-9(13)7-15-16(19)12-8-11(18)3-5-14(12)21-15/h2-8H,1H3/b15-7-. The monoisotopic (exact) mass is 364 g/mol. The number of allylic oxidation sites excluding steroid dienone is 1. The molecular weight excluding hydrogens is 356 g/mol. The molecule has 1 aliphatic heterocycles. The summed E-state index contributed by atoms with van der Waals surface area (Å²) in [5.41, 5.74) is 1.23. The molecule has 1 heterocycles. The highest BCUT2D eigenvalue weighted by atomic mass is 79.9. The first kappa shape index (κ1) is 14.2. The van der Waals surface area contributed by atoms with Gasteiger partial charge in [0.1, 0.15) is 11.5 Å². The van der Waals surface area contributed by atoms with Crippen LogP contribution in [0.25, 0.3) is 6.08 Å². The molecule has 0 radical (unpaired) electrons. The molecule has 0 saturated carbocycles. The Morgan fingerprint density at radius 3 is 2.81 bits per heavy atom. The number of methoxy groups -OCH3 is 1. The summed E-state index contributed by atoms with van der Waals surface area (Å²) in [6.45, 7) is 0. The van der Waals surface area contributed by atoms with Gasteiger partial charge in [0.25, 0.3) is 0 Å². The Hall–Kier alpha value is -1.78. The number of carbonyl (C=O) groups is 1. The first-order valence-electron chi connectivity index (χ1n) is 6.16. The predicted molar refractivity (Wildman–Crippen MR) is 85.1 cm³/mol. The highest BCUT2D eigenvalue weighted by molar-refractivity contribution is 9.10. The van der Waals surface area contributed by atoms with E-state index in [1.165, 1.54) is 0 Å². The van der Waals surface area contributed by atoms with Crippen LogP contribution >= 0.6 is 27.5 Å². The summed E-state index contributed by atoms with van der Waals surface area (Å²) in [7, 11) is 1.58. The van der Waals surface area contributed by atoms with Crippen molar-refractivity contribution >= 4 is 39.4 Å². The van der Waals surface area contributed by atoms with E-state index in [0.29, 0.717) is 22.1 Å². The highest BCUT2D eigenvalue weighted by Crippen LogP contribution is 2.35. The summed E-state index contributed by atoms with van der Waals surface area (Å²) in [6.07, 6.45) is 1.67. The van der Waals surface area contributed by atoms with Crippen molar-refractivity contribution in [2.45, 2.75) is 0 Å². The Kier molecular flexibility index (Phi) is 3.74. The van der Waals surface area contributed by atoms with Gasteiger partial charge in [-0.25, -0.2) is 0 Å². The van der Waals surface area contributed by atoms with Gasteiger partial charge in [-0.05, 0) is 42.5 Å². The van der Waals surface area contributed by atoms with Crippen molar-refractivity contribution in [3.8, 4) is 11.5 Å². The fourth-order valence-corrected chi connectivity index (χ4v) is 2.67. The van der Waals surface area contributed by atoms with Crippen molar-refractivity contribution in [3.05, 3.63) is 62.8 Å². The van der Waals surface area contributed by atoms with Gasteiger partial charge in [0.05, 0.1) is 12.7 Å². The molecule has 0 spiro atoms. The van der Waals surface area contributed by atoms with Crippen LogP contribution in [0.3, 0.4) is 0 Å². The van der Waals surface area contributed by atoms with E-state index in [1.54, 1.807) is 31.4 Å². The van der Waals surface area contributed by atoms with Crippen molar-refractivity contribution < 1.29 is 14.3 Å². The third-order valence-corrected chi connectivity index (χ3v) is 3.84. The van der Waals surface area contributed by atoms with Gasteiger partial charge >= 0.3 is 0 Å². The van der Waals surface area contributed by atoms with Crippen LogP contribution in [0.15, 0.2) is 46.6 Å². The van der Waals surface area contributed by atoms with Gasteiger partial charge in [0.15, 0.2) is 5.76 Å². The number of Topliss-reactive ketones (excluding diaryl/α,β-unsaturated/α-hetero) is 1. The summed E-state index contributed by atoms with van der Waals surface area (Å²) in [6, 6.07) is 10.5. The number of ether oxygens (including phenoxy) is 2. The summed E-state index contributed by atoms with van der Waals surface area (Å²) in [5, 5.41) is 0.506. The van der Waals surface area contributed by atoms with E-state index >= 15 is 0 Å². The molecule has 5 heteroatoms. The number of rotatable bonds is 2. The van der Waals surface area contributed by atoms with E-state index in [2.05, 4.69) is 15.9 Å². The molecule has 0 saturated heterocycles. The average Bonchev–Trinajstić information content (AvgIpc) is 2.76. The van der Waals surface area contributed by atoms with Crippen LogP contribution in [-0.2, 0) is 0 Å². The highest BCUT2D eigenvalue weighted by Gasteiger charge is 2.27. The lowest BCUT2D eigenvalue weighted by Crippen LogP contribution is -1.99. The van der Waals surface area contributed by atoms with E-state index in [0.717, 1.165) is 10.0 Å². The largest absolute Gasteiger partial charge is 0.496 e. The fraction of sp³-hybridized carbons (Fsp3) is 0.0625. The van der Waals surface area contributed by atoms with Gasteiger partial charge in [-0.1, -0.05) is 27.5 Å². The molecule has 0 bridgehead atoms. The normalized spacial score (nSPS) is 15.0. The fourth-order valence-electron chi connectivity index (χ4n) is 2.12. The van der Waals surface area contributed by atoms with Gasteiger partial charge in [0, 0.05) is 15.1 Å². The Morgan fingerprint density at radius 2 is 2.05 bits per heavy atom. The minimum absolute atomic E-state index is 0.186. The van der Waals surface area contributed by atoms with Gasteiger partial charge in [-0.2, -0.15) is 0 Å². The van der Waals surface area contributed by atoms with Gasteiger partial charge in [-0.3, -0.25) is 4.79 Å². The van der Waals surface area contributed by atoms with E-state index in [9.17, 15) is 4.79 Å². The summed E-state index contributed by atoms with van der Waals surface area (Å²) >= 11 is 9.31. The zero-order valence-corrected chi connectivity index (χ0v) is 13.4. The molecule has 2 aromatic rings. The zero-order chi connectivity index (χ0) is 15.0. The Bertz CT molecular complexity index is 768. The Labute approximate surface area is 135 Å². The molecule has 0 atom stereocenters. The molecule has 0 N–H and O–H groups in total. The average molecular weight is 366 g/mol. The number of halogens is 2. The van der Waals surface area contributed by atoms with Crippen LogP contribution in [0.1, 0.15) is 15.9 Å². The smallest absolute Gasteiger partial charge is 0.232 e. The van der Waals surface area contributed by atoms with Crippen molar-refractivity contribution in [2.75, 3.05) is 7.11 Å². The van der Waals surface area contributed by atoms with Crippen LogP contribution < -0.4 is 9.47 Å². The third-order valence-electron chi connectivity index (χ3n) is 3.11. The lowest BCUT2D eigenvalue weighted by Gasteiger charge is -2.06. The van der Waals surface area contributed by atoms with Crippen LogP contribution in [0.5, 0.6) is 11.5 Å². The molecule has 21 heavy (non-hydrogen) atoms. The van der Waals surface area contributed by atoms with E-state index in [4.69, 9.17) is 21.1 Å². The minimum atomic E-state index is -0.186. The van der Waals surface area contributed by atoms with E-state index in [1.807, 2.05) is 18.2 Å². The summed E-state index contributed by atoms with van der Waals surface area (Å²) in [4.78, 5) is 12.3. The molecule has 1 aliphatic rings. The molecule has 3 nitrogen and oxygen atoms in total. The van der Waals surface area contributed by atoms with E-state index < -0.39 is 0 Å². The van der Waals surface area contributed by atoms with Crippen LogP contribution in [0, 0.1) is 0 Å². The predicted octanol–water partition coefficient (Wildman–Crippen LogP) is 4.73. The topological polar surface area (TPSA) is 35.5 Å². The molecule has 106 valence electrons. The maximum Gasteiger partial charge on any atom is 0.232 e. The molecular formula is C16H10BrClO3. The SMILES string of the molecule is COc1ccc(Br)cc1/C=C1\Oc2ccc(Cl)cc2C1=O. The van der Waals surface area contributed by atoms with Crippen LogP contribution in [0.2, 0.25) is 5.02 Å². The molecule has 0 unspecified atom stereocenters. The molecule has 0 amide bonds. The maximum absolute atomic E-state index is 12.3. The molecule has 0 fully saturated rings. The van der Waals surface area contributed by atoms with Gasteiger partial charge < -0.3 is 9.47 Å². The number of hydrogen-bond donors (Lipinski definition) is 0. The van der Waals surface area contributed by atoms with Crippen molar-refractivity contribution in [1.29, 1.82) is 0 Å². The number of hydrogen-bond acceptors (Lipinski definition) is 3. The second-order valence-corrected chi connectivity index (χ2v) is 5.82. The van der Waals surface area contributed by atoms with Gasteiger partial charge in [0.2, 0.25) is 5.78 Å². The summed E-state index contributed by atoms with van der Waals surface area (Å²) < 4.78 is 11.8. The Balaban J connectivity index is 2.03. The van der Waals surface area contributed by atoms with Gasteiger partial charge in [-0.15, -0.1) is 0 Å². The quantitative estimate of drug-likeness (QED) is 0.722. The second kappa shape index (κ2) is 5.54. The molecule has 2 aromatic carbocycles. The third kappa shape index (κ3) is 2.69. The lowest BCUT2D eigenvalue weighted by atomic mass is 10.1. The zero-order valence-electron chi connectivity index (χ0n) is 11.0. The van der Waals surface area contributed by atoms with Crippen LogP contribution in [-0.4, -0.2) is 12.9 Å². The number of ketones is 1. The molecule has 3 rings (SSSR count). The number of fused-ring (bicyclic) bond motifs is 1. The molecule has 0 aliphatic carbocycles. The minimum Gasteiger partial charge on any atom is -0.496 e. The second-order valence-electron chi connectivity index (χ2n) is 4.47. The summed E-state index contributed by atoms with van der Waals surface area (Å²) in [5.74, 6) is 1.25. The maximum atomic E-state index is 12.3. The first-order chi connectivity index (χ1) is 10.1. The van der Waals surface area contributed by atoms with Crippen molar-refractivity contribution in [2.24, 2.45) is 0 Å². The lowest BCUT2D eigenvalue weighted by molar-refractivity contribution is 0.101. The number of carbonyl (C=O) groups excluding carboxylic acids is 1. The number of benzene rings is 2. The van der Waals surface area contributed by atoms with Crippen molar-refractivity contribution in [1.82, 2.24) is 0 Å². The van der Waals surface area contributed by atoms with Crippen LogP contribution in [0.4, 0.5) is 0 Å². The Morgan fingerprint density at radius 1 is 1.24 bits per heavy atom. The van der Waals surface area contributed by atoms with E-state index in [-0.39, 0.29) is 11.5 Å². The van der Waals surface area contributed by atoms with Crippen molar-refractivity contribution in [3.63, 3.8) is 0 Å². The molecule has 0 aromatic heterocycles.